The fourth-order valence-electron chi connectivity index (χ4n) is 3.68. The van der Waals surface area contributed by atoms with Gasteiger partial charge >= 0.3 is 5.97 Å². The Morgan fingerprint density at radius 1 is 1.08 bits per heavy atom. The molecule has 0 bridgehead atoms. The summed E-state index contributed by atoms with van der Waals surface area (Å²) in [7, 11) is 3.02. The molecular formula is C26H25N3O6S. The highest BCUT2D eigenvalue weighted by Gasteiger charge is 2.24. The molecule has 0 radical (unpaired) electrons. The highest BCUT2D eigenvalue weighted by Crippen LogP contribution is 2.30. The number of carbonyl (C=O) groups excluding carboxylic acids is 2. The van der Waals surface area contributed by atoms with Crippen LogP contribution in [0, 0.1) is 6.92 Å². The number of fused-ring (bicyclic) bond motifs is 1. The number of nitrogens with zero attached hydrogens (tertiary/aromatic N) is 2. The second-order valence-electron chi connectivity index (χ2n) is 7.99. The van der Waals surface area contributed by atoms with Gasteiger partial charge in [-0.15, -0.1) is 11.3 Å². The molecule has 1 unspecified atom stereocenters. The van der Waals surface area contributed by atoms with Crippen LogP contribution < -0.4 is 20.3 Å². The fourth-order valence-corrected chi connectivity index (χ4v) is 4.72. The minimum atomic E-state index is -0.865. The number of aromatic nitrogens is 2. The van der Waals surface area contributed by atoms with Gasteiger partial charge in [0.1, 0.15) is 22.4 Å². The number of amides is 1. The lowest BCUT2D eigenvalue weighted by molar-refractivity contribution is -0.118. The van der Waals surface area contributed by atoms with E-state index in [4.69, 9.17) is 14.2 Å². The molecule has 36 heavy (non-hydrogen) atoms. The Labute approximate surface area is 211 Å². The summed E-state index contributed by atoms with van der Waals surface area (Å²) in [6.07, 6.45) is 1.32. The third-order valence-electron chi connectivity index (χ3n) is 5.72. The summed E-state index contributed by atoms with van der Waals surface area (Å²) in [6, 6.07) is 13.4. The van der Waals surface area contributed by atoms with Crippen LogP contribution in [0.3, 0.4) is 0 Å². The fraction of sp³-hybridized carbons (Fsp3) is 0.231. The molecule has 0 saturated heterocycles. The largest absolute Gasteiger partial charge is 0.493 e. The number of aryl methyl sites for hydroxylation is 1. The van der Waals surface area contributed by atoms with Gasteiger partial charge in [-0.05, 0) is 37.1 Å². The van der Waals surface area contributed by atoms with Gasteiger partial charge in [-0.2, -0.15) is 0 Å². The molecule has 0 aliphatic rings. The number of carbonyl (C=O) groups is 2. The van der Waals surface area contributed by atoms with E-state index in [1.54, 1.807) is 32.0 Å². The molecule has 0 saturated carbocycles. The molecule has 2 aromatic heterocycles. The first-order valence-electron chi connectivity index (χ1n) is 11.1. The normalized spacial score (nSPS) is 11.7. The van der Waals surface area contributed by atoms with Crippen molar-refractivity contribution in [3.05, 3.63) is 81.2 Å². The number of rotatable bonds is 8. The van der Waals surface area contributed by atoms with E-state index in [2.05, 4.69) is 10.3 Å². The molecule has 1 amide bonds. The highest BCUT2D eigenvalue weighted by molar-refractivity contribution is 7.20. The maximum atomic E-state index is 13.3. The van der Waals surface area contributed by atoms with Gasteiger partial charge in [0.2, 0.25) is 5.91 Å². The Bertz CT molecular complexity index is 1480. The number of methoxy groups -OCH3 is 2. The Balaban J connectivity index is 1.56. The molecule has 4 rings (SSSR count). The number of hydrogen-bond donors (Lipinski definition) is 1. The van der Waals surface area contributed by atoms with Crippen LogP contribution in [0.15, 0.2) is 59.7 Å². The number of nitrogens with one attached hydrogen (secondary N) is 1. The highest BCUT2D eigenvalue weighted by atomic mass is 32.1. The van der Waals surface area contributed by atoms with Gasteiger partial charge in [0.05, 0.1) is 25.9 Å². The van der Waals surface area contributed by atoms with Crippen LogP contribution >= 0.6 is 11.3 Å². The molecule has 0 aliphatic heterocycles. The number of thiophene rings is 1. The first-order chi connectivity index (χ1) is 17.3. The number of ether oxygens (including phenoxy) is 3. The average molecular weight is 508 g/mol. The topological polar surface area (TPSA) is 109 Å². The van der Waals surface area contributed by atoms with E-state index in [1.165, 1.54) is 25.1 Å². The molecule has 0 spiro atoms. The van der Waals surface area contributed by atoms with Gasteiger partial charge in [0, 0.05) is 11.8 Å². The predicted octanol–water partition coefficient (Wildman–Crippen LogP) is 4.34. The average Bonchev–Trinajstić information content (AvgIpc) is 3.24. The summed E-state index contributed by atoms with van der Waals surface area (Å²) < 4.78 is 17.2. The van der Waals surface area contributed by atoms with Crippen molar-refractivity contribution in [2.24, 2.45) is 0 Å². The number of anilines is 1. The molecule has 0 aliphatic carbocycles. The van der Waals surface area contributed by atoms with Crippen molar-refractivity contribution >= 4 is 39.1 Å². The van der Waals surface area contributed by atoms with Crippen LogP contribution in [0.5, 0.6) is 11.5 Å². The lowest BCUT2D eigenvalue weighted by atomic mass is 10.2. The molecule has 2 aromatic carbocycles. The van der Waals surface area contributed by atoms with Crippen molar-refractivity contribution in [3.63, 3.8) is 0 Å². The minimum absolute atomic E-state index is 0.123. The van der Waals surface area contributed by atoms with Crippen LogP contribution in [0.1, 0.15) is 33.8 Å². The summed E-state index contributed by atoms with van der Waals surface area (Å²) in [5, 5.41) is 3.07. The maximum Gasteiger partial charge on any atom is 0.349 e. The maximum absolute atomic E-state index is 13.3. The van der Waals surface area contributed by atoms with Crippen molar-refractivity contribution in [1.82, 2.24) is 9.55 Å². The summed E-state index contributed by atoms with van der Waals surface area (Å²) in [5.74, 6) is 0.0506. The smallest absolute Gasteiger partial charge is 0.349 e. The molecule has 2 heterocycles. The second-order valence-corrected chi connectivity index (χ2v) is 8.99. The SMILES string of the molecule is COc1ccc(NC(=O)C(C)n2cnc3sc(C(=O)OCc4ccccc4)c(C)c3c2=O)cc1OC. The zero-order chi connectivity index (χ0) is 25.8. The molecule has 0 fully saturated rings. The first kappa shape index (κ1) is 24.9. The molecule has 186 valence electrons. The zero-order valence-electron chi connectivity index (χ0n) is 20.2. The monoisotopic (exact) mass is 507 g/mol. The predicted molar refractivity (Wildman–Crippen MR) is 137 cm³/mol. The summed E-state index contributed by atoms with van der Waals surface area (Å²) in [6.45, 7) is 3.40. The molecule has 4 aromatic rings. The van der Waals surface area contributed by atoms with Crippen LogP contribution in [-0.4, -0.2) is 35.6 Å². The van der Waals surface area contributed by atoms with Crippen molar-refractivity contribution in [2.45, 2.75) is 26.5 Å². The van der Waals surface area contributed by atoms with E-state index in [0.29, 0.717) is 37.8 Å². The van der Waals surface area contributed by atoms with E-state index >= 15 is 0 Å². The van der Waals surface area contributed by atoms with Crippen molar-refractivity contribution in [2.75, 3.05) is 19.5 Å². The number of esters is 1. The third kappa shape index (κ3) is 4.94. The van der Waals surface area contributed by atoms with Crippen molar-refractivity contribution < 1.29 is 23.8 Å². The van der Waals surface area contributed by atoms with E-state index in [1.807, 2.05) is 30.3 Å². The van der Waals surface area contributed by atoms with Crippen molar-refractivity contribution in [1.29, 1.82) is 0 Å². The number of benzene rings is 2. The van der Waals surface area contributed by atoms with Crippen molar-refractivity contribution in [3.8, 4) is 11.5 Å². The first-order valence-corrected chi connectivity index (χ1v) is 11.9. The van der Waals surface area contributed by atoms with Crippen LogP contribution in [0.25, 0.3) is 10.2 Å². The lowest BCUT2D eigenvalue weighted by Crippen LogP contribution is -2.31. The van der Waals surface area contributed by atoms with E-state index in [-0.39, 0.29) is 6.61 Å². The van der Waals surface area contributed by atoms with Gasteiger partial charge < -0.3 is 19.5 Å². The third-order valence-corrected chi connectivity index (χ3v) is 6.90. The summed E-state index contributed by atoms with van der Waals surface area (Å²) in [4.78, 5) is 44.0. The molecule has 10 heteroatoms. The van der Waals surface area contributed by atoms with Gasteiger partial charge in [-0.1, -0.05) is 30.3 Å². The Morgan fingerprint density at radius 3 is 2.50 bits per heavy atom. The zero-order valence-corrected chi connectivity index (χ0v) is 21.0. The van der Waals surface area contributed by atoms with Crippen LogP contribution in [-0.2, 0) is 16.1 Å². The van der Waals surface area contributed by atoms with Gasteiger partial charge in [-0.25, -0.2) is 9.78 Å². The van der Waals surface area contributed by atoms with Crippen LogP contribution in [0.4, 0.5) is 5.69 Å². The van der Waals surface area contributed by atoms with E-state index in [9.17, 15) is 14.4 Å². The molecule has 9 nitrogen and oxygen atoms in total. The lowest BCUT2D eigenvalue weighted by Gasteiger charge is -2.16. The van der Waals surface area contributed by atoms with Gasteiger partial charge in [0.15, 0.2) is 11.5 Å². The molecule has 1 N–H and O–H groups in total. The second kappa shape index (κ2) is 10.6. The van der Waals surface area contributed by atoms with Crippen LogP contribution in [0.2, 0.25) is 0 Å². The summed E-state index contributed by atoms with van der Waals surface area (Å²) >= 11 is 1.10. The van der Waals surface area contributed by atoms with Gasteiger partial charge in [-0.3, -0.25) is 14.2 Å². The van der Waals surface area contributed by atoms with E-state index < -0.39 is 23.5 Å². The Morgan fingerprint density at radius 2 is 1.81 bits per heavy atom. The Hall–Kier alpha value is -4.18. The summed E-state index contributed by atoms with van der Waals surface area (Å²) in [5.41, 5.74) is 1.42. The number of hydrogen-bond acceptors (Lipinski definition) is 8. The Kier molecular flexibility index (Phi) is 7.35. The quantitative estimate of drug-likeness (QED) is 0.353. The molecule has 1 atom stereocenters. The van der Waals surface area contributed by atoms with E-state index in [0.717, 1.165) is 16.9 Å². The molecular weight excluding hydrogens is 482 g/mol. The minimum Gasteiger partial charge on any atom is -0.493 e. The standard InChI is InChI=1S/C26H25N3O6S/c1-15-21-24(36-22(15)26(32)35-13-17-8-6-5-7-9-17)27-14-29(25(21)31)16(2)23(30)28-18-10-11-19(33-3)20(12-18)34-4/h5-12,14,16H,13H2,1-4H3,(H,28,30). The van der Waals surface area contributed by atoms with Gasteiger partial charge in [0.25, 0.3) is 5.56 Å².